The van der Waals surface area contributed by atoms with E-state index in [1.165, 1.54) is 42.5 Å². The number of nitro benzene ring substituents is 1. The molecule has 0 unspecified atom stereocenters. The first kappa shape index (κ1) is 13.0. The highest BCUT2D eigenvalue weighted by atomic mass is 19.1. The Hall–Kier alpha value is -2.47. The Labute approximate surface area is 108 Å². The summed E-state index contributed by atoms with van der Waals surface area (Å²) in [5.41, 5.74) is 0.190. The van der Waals surface area contributed by atoms with Crippen molar-refractivity contribution in [1.29, 1.82) is 0 Å². The molecule has 0 radical (unpaired) electrons. The van der Waals surface area contributed by atoms with Crippen LogP contribution in [-0.4, -0.2) is 10.0 Å². The molecular weight excluding hydrogens is 253 g/mol. The topological polar surface area (TPSA) is 72.6 Å². The summed E-state index contributed by atoms with van der Waals surface area (Å²) in [4.78, 5) is 10.2. The van der Waals surface area contributed by atoms with Crippen LogP contribution in [0.25, 0.3) is 0 Å². The Morgan fingerprint density at radius 1 is 1.16 bits per heavy atom. The highest BCUT2D eigenvalue weighted by Gasteiger charge is 2.10. The molecule has 0 spiro atoms. The van der Waals surface area contributed by atoms with Gasteiger partial charge >= 0.3 is 0 Å². The van der Waals surface area contributed by atoms with Gasteiger partial charge in [0.15, 0.2) is 0 Å². The molecule has 2 aromatic carbocycles. The fraction of sp³-hybridized carbons (Fsp3) is 0.0769. The van der Waals surface area contributed by atoms with Crippen LogP contribution in [0.5, 0.6) is 11.5 Å². The fourth-order valence-corrected chi connectivity index (χ4v) is 1.54. The van der Waals surface area contributed by atoms with E-state index in [4.69, 9.17) is 9.84 Å². The summed E-state index contributed by atoms with van der Waals surface area (Å²) in [7, 11) is 0. The van der Waals surface area contributed by atoms with E-state index >= 15 is 0 Å². The SMILES string of the molecule is O=[N+]([O-])c1cc(CO)cc(Oc2ccc(F)cc2)c1. The summed E-state index contributed by atoms with van der Waals surface area (Å²) < 4.78 is 18.1. The largest absolute Gasteiger partial charge is 0.457 e. The number of benzene rings is 2. The molecule has 0 bridgehead atoms. The lowest BCUT2D eigenvalue weighted by Crippen LogP contribution is -1.93. The normalized spacial score (nSPS) is 10.2. The lowest BCUT2D eigenvalue weighted by molar-refractivity contribution is -0.385. The van der Waals surface area contributed by atoms with Crippen molar-refractivity contribution in [3.05, 3.63) is 64.0 Å². The van der Waals surface area contributed by atoms with Crippen molar-refractivity contribution < 1.29 is 19.2 Å². The minimum atomic E-state index is -0.573. The molecule has 0 fully saturated rings. The maximum absolute atomic E-state index is 12.7. The maximum Gasteiger partial charge on any atom is 0.273 e. The zero-order valence-electron chi connectivity index (χ0n) is 9.75. The van der Waals surface area contributed by atoms with Crippen molar-refractivity contribution >= 4 is 5.69 Å². The monoisotopic (exact) mass is 263 g/mol. The van der Waals surface area contributed by atoms with Crippen LogP contribution in [0.1, 0.15) is 5.56 Å². The first-order valence-electron chi connectivity index (χ1n) is 5.41. The van der Waals surface area contributed by atoms with E-state index < -0.39 is 10.7 Å². The third-order valence-corrected chi connectivity index (χ3v) is 2.39. The second-order valence-electron chi connectivity index (χ2n) is 3.81. The Bertz CT molecular complexity index is 598. The van der Waals surface area contributed by atoms with Crippen molar-refractivity contribution in [2.75, 3.05) is 0 Å². The van der Waals surface area contributed by atoms with Gasteiger partial charge in [-0.05, 0) is 35.9 Å². The van der Waals surface area contributed by atoms with E-state index in [-0.39, 0.29) is 18.0 Å². The first-order chi connectivity index (χ1) is 9.08. The summed E-state index contributed by atoms with van der Waals surface area (Å²) in [6.45, 7) is -0.332. The zero-order chi connectivity index (χ0) is 13.8. The van der Waals surface area contributed by atoms with Crippen LogP contribution in [0.15, 0.2) is 42.5 Å². The number of non-ortho nitro benzene ring substituents is 1. The molecule has 0 atom stereocenters. The van der Waals surface area contributed by atoms with Gasteiger partial charge in [-0.1, -0.05) is 0 Å². The zero-order valence-corrected chi connectivity index (χ0v) is 9.75. The minimum absolute atomic E-state index is 0.177. The molecular formula is C13H10FNO4. The standard InChI is InChI=1S/C13H10FNO4/c14-10-1-3-12(4-2-10)19-13-6-9(8-16)5-11(7-13)15(17)18/h1-7,16H,8H2. The smallest absolute Gasteiger partial charge is 0.273 e. The molecule has 2 aromatic rings. The average Bonchev–Trinajstić information content (AvgIpc) is 2.41. The lowest BCUT2D eigenvalue weighted by Gasteiger charge is -2.07. The number of ether oxygens (including phenoxy) is 1. The second-order valence-corrected chi connectivity index (χ2v) is 3.81. The predicted molar refractivity (Wildman–Crippen MR) is 65.5 cm³/mol. The molecule has 0 saturated carbocycles. The van der Waals surface area contributed by atoms with Gasteiger partial charge in [0.2, 0.25) is 0 Å². The number of aliphatic hydroxyl groups excluding tert-OH is 1. The second kappa shape index (κ2) is 5.45. The van der Waals surface area contributed by atoms with Crippen molar-refractivity contribution in [2.24, 2.45) is 0 Å². The highest BCUT2D eigenvalue weighted by molar-refractivity contribution is 5.44. The summed E-state index contributed by atoms with van der Waals surface area (Å²) in [5, 5.41) is 19.8. The predicted octanol–water partition coefficient (Wildman–Crippen LogP) is 3.02. The van der Waals surface area contributed by atoms with Gasteiger partial charge in [-0.15, -0.1) is 0 Å². The molecule has 6 heteroatoms. The molecule has 0 heterocycles. The summed E-state index contributed by atoms with van der Waals surface area (Å²) in [6.07, 6.45) is 0. The number of nitro groups is 1. The van der Waals surface area contributed by atoms with Gasteiger partial charge < -0.3 is 9.84 Å². The van der Waals surface area contributed by atoms with Crippen molar-refractivity contribution in [2.45, 2.75) is 6.61 Å². The van der Waals surface area contributed by atoms with Gasteiger partial charge in [-0.3, -0.25) is 10.1 Å². The lowest BCUT2D eigenvalue weighted by atomic mass is 10.2. The van der Waals surface area contributed by atoms with E-state index in [1.807, 2.05) is 0 Å². The minimum Gasteiger partial charge on any atom is -0.457 e. The van der Waals surface area contributed by atoms with Gasteiger partial charge in [-0.25, -0.2) is 4.39 Å². The summed E-state index contributed by atoms with van der Waals surface area (Å²) >= 11 is 0. The average molecular weight is 263 g/mol. The molecule has 98 valence electrons. The third-order valence-electron chi connectivity index (χ3n) is 2.39. The molecule has 0 aliphatic rings. The van der Waals surface area contributed by atoms with Crippen LogP contribution in [0.3, 0.4) is 0 Å². The molecule has 0 saturated heterocycles. The number of nitrogens with zero attached hydrogens (tertiary/aromatic N) is 1. The molecule has 0 aliphatic heterocycles. The van der Waals surface area contributed by atoms with Crippen molar-refractivity contribution in [3.8, 4) is 11.5 Å². The van der Waals surface area contributed by atoms with Crippen LogP contribution < -0.4 is 4.74 Å². The fourth-order valence-electron chi connectivity index (χ4n) is 1.54. The van der Waals surface area contributed by atoms with E-state index in [9.17, 15) is 14.5 Å². The van der Waals surface area contributed by atoms with Gasteiger partial charge in [0.1, 0.15) is 17.3 Å². The third kappa shape index (κ3) is 3.26. The van der Waals surface area contributed by atoms with Crippen molar-refractivity contribution in [1.82, 2.24) is 0 Å². The molecule has 5 nitrogen and oxygen atoms in total. The van der Waals surface area contributed by atoms with E-state index in [0.717, 1.165) is 0 Å². The van der Waals surface area contributed by atoms with E-state index in [2.05, 4.69) is 0 Å². The van der Waals surface area contributed by atoms with E-state index in [1.54, 1.807) is 0 Å². The Kier molecular flexibility index (Phi) is 3.72. The Balaban J connectivity index is 2.31. The molecule has 0 aromatic heterocycles. The molecule has 2 rings (SSSR count). The molecule has 19 heavy (non-hydrogen) atoms. The summed E-state index contributed by atoms with van der Waals surface area (Å²) in [5.74, 6) is 0.165. The highest BCUT2D eigenvalue weighted by Crippen LogP contribution is 2.27. The van der Waals surface area contributed by atoms with Gasteiger partial charge in [0.05, 0.1) is 17.6 Å². The number of halogens is 1. The number of aliphatic hydroxyl groups is 1. The van der Waals surface area contributed by atoms with Crippen LogP contribution in [0.4, 0.5) is 10.1 Å². The van der Waals surface area contributed by atoms with Crippen LogP contribution >= 0.6 is 0 Å². The number of hydrogen-bond donors (Lipinski definition) is 1. The first-order valence-corrected chi connectivity index (χ1v) is 5.41. The molecule has 0 aliphatic carbocycles. The number of hydrogen-bond acceptors (Lipinski definition) is 4. The summed E-state index contributed by atoms with van der Waals surface area (Å²) in [6, 6.07) is 9.25. The van der Waals surface area contributed by atoms with Gasteiger partial charge in [0, 0.05) is 6.07 Å². The van der Waals surface area contributed by atoms with E-state index in [0.29, 0.717) is 11.3 Å². The van der Waals surface area contributed by atoms with Gasteiger partial charge in [-0.2, -0.15) is 0 Å². The van der Waals surface area contributed by atoms with Crippen LogP contribution in [-0.2, 0) is 6.61 Å². The van der Waals surface area contributed by atoms with Crippen molar-refractivity contribution in [3.63, 3.8) is 0 Å². The van der Waals surface area contributed by atoms with Gasteiger partial charge in [0.25, 0.3) is 5.69 Å². The Morgan fingerprint density at radius 3 is 2.42 bits per heavy atom. The quantitative estimate of drug-likeness (QED) is 0.679. The van der Waals surface area contributed by atoms with Crippen LogP contribution in [0, 0.1) is 15.9 Å². The number of rotatable bonds is 4. The van der Waals surface area contributed by atoms with Crippen LogP contribution in [0.2, 0.25) is 0 Å². The Morgan fingerprint density at radius 2 is 1.84 bits per heavy atom. The molecule has 0 amide bonds. The maximum atomic E-state index is 12.7. The molecule has 1 N–H and O–H groups in total.